The molecule has 0 aliphatic carbocycles. The number of hydrazone groups is 1. The Bertz CT molecular complexity index is 1200. The molecule has 5 nitrogen and oxygen atoms in total. The van der Waals surface area contributed by atoms with Crippen LogP contribution in [0.5, 0.6) is 5.75 Å². The van der Waals surface area contributed by atoms with Gasteiger partial charge < -0.3 is 5.11 Å². The van der Waals surface area contributed by atoms with E-state index in [1.165, 1.54) is 0 Å². The number of aromatic hydroxyl groups is 1. The van der Waals surface area contributed by atoms with Crippen LogP contribution in [-0.4, -0.2) is 22.2 Å². The van der Waals surface area contributed by atoms with Crippen molar-refractivity contribution >= 4 is 34.4 Å². The van der Waals surface area contributed by atoms with Gasteiger partial charge in [-0.3, -0.25) is 4.79 Å². The summed E-state index contributed by atoms with van der Waals surface area (Å²) >= 11 is 1.56. The van der Waals surface area contributed by atoms with Crippen molar-refractivity contribution in [1.82, 2.24) is 10.4 Å². The molecule has 0 aliphatic rings. The second-order valence-electron chi connectivity index (χ2n) is 6.26. The van der Waals surface area contributed by atoms with Gasteiger partial charge in [-0.25, -0.2) is 10.4 Å². The van der Waals surface area contributed by atoms with E-state index < -0.39 is 0 Å². The number of hydrogen-bond acceptors (Lipinski definition) is 5. The van der Waals surface area contributed by atoms with E-state index in [2.05, 4.69) is 15.5 Å². The Balaban J connectivity index is 1.73. The molecule has 1 amide bonds. The first-order valence-corrected chi connectivity index (χ1v) is 9.57. The number of phenolic OH excluding ortho intramolecular Hbond substituents is 1. The van der Waals surface area contributed by atoms with E-state index in [4.69, 9.17) is 0 Å². The van der Waals surface area contributed by atoms with Gasteiger partial charge >= 0.3 is 0 Å². The van der Waals surface area contributed by atoms with Gasteiger partial charge in [0.2, 0.25) is 0 Å². The number of pyridine rings is 1. The van der Waals surface area contributed by atoms with Gasteiger partial charge in [-0.15, -0.1) is 11.3 Å². The van der Waals surface area contributed by atoms with E-state index in [0.717, 1.165) is 15.8 Å². The van der Waals surface area contributed by atoms with Gasteiger partial charge in [0.25, 0.3) is 5.91 Å². The number of rotatable bonds is 4. The second kappa shape index (κ2) is 7.62. The molecule has 0 unspecified atom stereocenters. The first-order valence-electron chi connectivity index (χ1n) is 8.69. The number of hydrogen-bond donors (Lipinski definition) is 2. The van der Waals surface area contributed by atoms with Gasteiger partial charge in [-0.1, -0.05) is 30.3 Å². The number of aryl methyl sites for hydroxylation is 1. The Morgan fingerprint density at radius 1 is 1.14 bits per heavy atom. The fourth-order valence-electron chi connectivity index (χ4n) is 2.92. The highest BCUT2D eigenvalue weighted by Gasteiger charge is 2.15. The fraction of sp³-hybridized carbons (Fsp3) is 0.0455. The smallest absolute Gasteiger partial charge is 0.272 e. The van der Waals surface area contributed by atoms with Crippen molar-refractivity contribution in [1.29, 1.82) is 0 Å². The Hall–Kier alpha value is -3.51. The number of aromatic nitrogens is 1. The molecule has 6 heteroatoms. The normalized spacial score (nSPS) is 11.2. The summed E-state index contributed by atoms with van der Waals surface area (Å²) in [5.74, 6) is -0.219. The summed E-state index contributed by atoms with van der Waals surface area (Å²) < 4.78 is 0. The van der Waals surface area contributed by atoms with Crippen molar-refractivity contribution in [3.05, 3.63) is 82.0 Å². The quantitative estimate of drug-likeness (QED) is 0.392. The number of nitrogens with zero attached hydrogens (tertiary/aromatic N) is 2. The number of amides is 1. The molecule has 0 saturated carbocycles. The summed E-state index contributed by atoms with van der Waals surface area (Å²) in [6.45, 7) is 1.99. The lowest BCUT2D eigenvalue weighted by molar-refractivity contribution is 0.0956. The van der Waals surface area contributed by atoms with Crippen LogP contribution in [0.3, 0.4) is 0 Å². The average molecular weight is 387 g/mol. The fourth-order valence-corrected chi connectivity index (χ4v) is 3.70. The Morgan fingerprint density at radius 3 is 2.71 bits per heavy atom. The summed E-state index contributed by atoms with van der Waals surface area (Å²) in [6.07, 6.45) is 1.64. The third-order valence-electron chi connectivity index (χ3n) is 4.39. The molecule has 0 aliphatic heterocycles. The van der Waals surface area contributed by atoms with E-state index >= 15 is 0 Å². The maximum Gasteiger partial charge on any atom is 0.272 e. The minimum Gasteiger partial charge on any atom is -0.507 e. The number of para-hydroxylation sites is 2. The maximum absolute atomic E-state index is 12.8. The van der Waals surface area contributed by atoms with E-state index in [0.29, 0.717) is 22.3 Å². The van der Waals surface area contributed by atoms with Gasteiger partial charge in [0, 0.05) is 15.8 Å². The maximum atomic E-state index is 12.8. The third kappa shape index (κ3) is 3.50. The Morgan fingerprint density at radius 2 is 1.93 bits per heavy atom. The van der Waals surface area contributed by atoms with Gasteiger partial charge in [0.05, 0.1) is 23.0 Å². The van der Waals surface area contributed by atoms with Gasteiger partial charge in [0.15, 0.2) is 0 Å². The molecule has 2 aromatic heterocycles. The van der Waals surface area contributed by atoms with E-state index in [9.17, 15) is 9.90 Å². The van der Waals surface area contributed by atoms with Crippen LogP contribution in [0.15, 0.2) is 71.1 Å². The van der Waals surface area contributed by atoms with Crippen molar-refractivity contribution in [3.63, 3.8) is 0 Å². The van der Waals surface area contributed by atoms with Crippen LogP contribution < -0.4 is 5.43 Å². The highest BCUT2D eigenvalue weighted by atomic mass is 32.1. The molecular weight excluding hydrogens is 370 g/mol. The average Bonchev–Trinajstić information content (AvgIpc) is 3.12. The molecule has 4 rings (SSSR count). The molecule has 2 heterocycles. The number of benzene rings is 2. The minimum absolute atomic E-state index is 0.114. The van der Waals surface area contributed by atoms with Crippen molar-refractivity contribution in [2.24, 2.45) is 5.10 Å². The Labute approximate surface area is 166 Å². The van der Waals surface area contributed by atoms with Gasteiger partial charge in [0.1, 0.15) is 5.75 Å². The Kier molecular flexibility index (Phi) is 4.87. The molecule has 0 spiro atoms. The van der Waals surface area contributed by atoms with Crippen LogP contribution in [-0.2, 0) is 0 Å². The number of carbonyl (C=O) groups excluding carboxylic acids is 1. The number of nitrogens with one attached hydrogen (secondary N) is 1. The molecule has 2 N–H and O–H groups in total. The van der Waals surface area contributed by atoms with E-state index in [1.54, 1.807) is 41.8 Å². The number of fused-ring (bicyclic) bond motifs is 1. The minimum atomic E-state index is -0.333. The summed E-state index contributed by atoms with van der Waals surface area (Å²) in [7, 11) is 0. The standard InChI is InChI=1S/C22H17N3O2S/c1-14-10-11-28-21(14)13-23-25-22(27)17-12-19(16-7-3-5-9-20(16)26)24-18-8-4-2-6-15(17)18/h2-13,26H,1H3,(H,25,27). The lowest BCUT2D eigenvalue weighted by Gasteiger charge is -2.10. The highest BCUT2D eigenvalue weighted by molar-refractivity contribution is 7.11. The summed E-state index contributed by atoms with van der Waals surface area (Å²) in [5.41, 5.74) is 5.93. The van der Waals surface area contributed by atoms with Crippen LogP contribution in [0.2, 0.25) is 0 Å². The first-order chi connectivity index (χ1) is 13.6. The topological polar surface area (TPSA) is 74.6 Å². The number of carbonyl (C=O) groups is 1. The molecule has 4 aromatic rings. The van der Waals surface area contributed by atoms with Crippen molar-refractivity contribution in [2.75, 3.05) is 0 Å². The highest BCUT2D eigenvalue weighted by Crippen LogP contribution is 2.30. The molecule has 28 heavy (non-hydrogen) atoms. The van der Waals surface area contributed by atoms with Gasteiger partial charge in [-0.05, 0) is 48.2 Å². The molecule has 0 bridgehead atoms. The summed E-state index contributed by atoms with van der Waals surface area (Å²) in [4.78, 5) is 18.4. The lowest BCUT2D eigenvalue weighted by Crippen LogP contribution is -2.18. The molecule has 0 saturated heterocycles. The monoisotopic (exact) mass is 387 g/mol. The largest absolute Gasteiger partial charge is 0.507 e. The van der Waals surface area contributed by atoms with Crippen LogP contribution in [0.1, 0.15) is 20.8 Å². The zero-order valence-electron chi connectivity index (χ0n) is 15.1. The van der Waals surface area contributed by atoms with Crippen LogP contribution in [0.25, 0.3) is 22.2 Å². The molecule has 0 atom stereocenters. The lowest BCUT2D eigenvalue weighted by atomic mass is 10.0. The summed E-state index contributed by atoms with van der Waals surface area (Å²) in [6, 6.07) is 18.0. The second-order valence-corrected chi connectivity index (χ2v) is 7.20. The van der Waals surface area contributed by atoms with Gasteiger partial charge in [-0.2, -0.15) is 5.10 Å². The van der Waals surface area contributed by atoms with Crippen molar-refractivity contribution in [3.8, 4) is 17.0 Å². The van der Waals surface area contributed by atoms with Crippen LogP contribution >= 0.6 is 11.3 Å². The van der Waals surface area contributed by atoms with Crippen molar-refractivity contribution in [2.45, 2.75) is 6.92 Å². The molecule has 0 radical (unpaired) electrons. The molecule has 0 fully saturated rings. The first kappa shape index (κ1) is 17.9. The third-order valence-corrected chi connectivity index (χ3v) is 5.34. The van der Waals surface area contributed by atoms with Crippen LogP contribution in [0.4, 0.5) is 0 Å². The van der Waals surface area contributed by atoms with E-state index in [1.807, 2.05) is 48.7 Å². The van der Waals surface area contributed by atoms with Crippen LogP contribution in [0, 0.1) is 6.92 Å². The zero-order valence-corrected chi connectivity index (χ0v) is 15.9. The SMILES string of the molecule is Cc1ccsc1C=NNC(=O)c1cc(-c2ccccc2O)nc2ccccc12. The predicted molar refractivity (Wildman–Crippen MR) is 113 cm³/mol. The molecule has 138 valence electrons. The zero-order chi connectivity index (χ0) is 19.5. The van der Waals surface area contributed by atoms with E-state index in [-0.39, 0.29) is 11.7 Å². The molecule has 2 aromatic carbocycles. The van der Waals surface area contributed by atoms with Crippen molar-refractivity contribution < 1.29 is 9.90 Å². The predicted octanol–water partition coefficient (Wildman–Crippen LogP) is 4.74. The number of thiophene rings is 1. The number of phenols is 1. The summed E-state index contributed by atoms with van der Waals surface area (Å²) in [5, 5.41) is 17.0. The molecular formula is C22H17N3O2S.